The Labute approximate surface area is 301 Å². The maximum atomic E-state index is 14.0. The van der Waals surface area contributed by atoms with Gasteiger partial charge in [0.25, 0.3) is 17.7 Å². The number of H-pyrrole nitrogens is 3. The molecule has 0 spiro atoms. The van der Waals surface area contributed by atoms with Crippen LogP contribution >= 0.6 is 7.60 Å². The standard InChI is InChI=1S/C37H35N8O7P/c1-53(50,51)52-18-39-35(47)28-14-22-20-9-12-44(32(20)6-3-25(22)40-28)37(49)30-16-24-21-10-13-45(33(21)7-4-27(24)42-30)36(48)29-15-23-19-8-11-43(34(46)17-38)31(19)5-2-26(23)41-29/h2-7,14-16,40-42H,8-13,17-18,38H2,1H3,(H,39,47)(H,50,51)/p-1. The van der Waals surface area contributed by atoms with Gasteiger partial charge in [-0.25, -0.2) is 0 Å². The summed E-state index contributed by atoms with van der Waals surface area (Å²) in [7, 11) is -3.98. The third-order valence-corrected chi connectivity index (χ3v) is 11.1. The van der Waals surface area contributed by atoms with Gasteiger partial charge in [-0.2, -0.15) is 0 Å². The molecule has 9 rings (SSSR count). The first-order valence-electron chi connectivity index (χ1n) is 17.3. The average Bonchev–Trinajstić information content (AvgIpc) is 3.98. The summed E-state index contributed by atoms with van der Waals surface area (Å²) in [6.07, 6.45) is 1.91. The number of benzene rings is 3. The van der Waals surface area contributed by atoms with Crippen LogP contribution < -0.4 is 30.6 Å². The molecule has 0 fully saturated rings. The highest BCUT2D eigenvalue weighted by Gasteiger charge is 2.33. The molecule has 0 bridgehead atoms. The Kier molecular flexibility index (Phi) is 7.61. The predicted molar refractivity (Wildman–Crippen MR) is 198 cm³/mol. The lowest BCUT2D eigenvalue weighted by atomic mass is 10.1. The van der Waals surface area contributed by atoms with E-state index in [1.165, 1.54) is 0 Å². The Bertz CT molecular complexity index is 2620. The summed E-state index contributed by atoms with van der Waals surface area (Å²) in [5, 5.41) is 5.04. The maximum absolute atomic E-state index is 14.0. The molecule has 4 amide bonds. The van der Waals surface area contributed by atoms with Crippen molar-refractivity contribution in [2.24, 2.45) is 5.73 Å². The molecule has 270 valence electrons. The van der Waals surface area contributed by atoms with E-state index in [0.29, 0.717) is 50.3 Å². The molecule has 6 aromatic rings. The Morgan fingerprint density at radius 2 is 1.13 bits per heavy atom. The predicted octanol–water partition coefficient (Wildman–Crippen LogP) is 3.27. The molecule has 3 aromatic carbocycles. The van der Waals surface area contributed by atoms with Gasteiger partial charge in [-0.1, -0.05) is 0 Å². The normalized spacial score (nSPS) is 16.0. The van der Waals surface area contributed by atoms with E-state index in [9.17, 15) is 28.6 Å². The lowest BCUT2D eigenvalue weighted by Gasteiger charge is -2.17. The van der Waals surface area contributed by atoms with Gasteiger partial charge in [0, 0.05) is 76.1 Å². The molecule has 1 unspecified atom stereocenters. The smallest absolute Gasteiger partial charge is 0.274 e. The molecule has 53 heavy (non-hydrogen) atoms. The van der Waals surface area contributed by atoms with Crippen LogP contribution in [-0.2, 0) is 33.1 Å². The van der Waals surface area contributed by atoms with Gasteiger partial charge in [0.1, 0.15) is 31.4 Å². The van der Waals surface area contributed by atoms with Crippen LogP contribution in [0.3, 0.4) is 0 Å². The average molecular weight is 734 g/mol. The topological polar surface area (TPSA) is 213 Å². The number of carbonyl (C=O) groups excluding carboxylic acids is 4. The fraction of sp³-hybridized carbons (Fsp3) is 0.243. The van der Waals surface area contributed by atoms with Crippen LogP contribution in [-0.4, -0.2) is 78.2 Å². The van der Waals surface area contributed by atoms with E-state index < -0.39 is 20.2 Å². The van der Waals surface area contributed by atoms with Crippen molar-refractivity contribution < 1.29 is 33.2 Å². The Morgan fingerprint density at radius 3 is 1.58 bits per heavy atom. The number of fused-ring (bicyclic) bond motifs is 9. The van der Waals surface area contributed by atoms with Crippen LogP contribution in [0.2, 0.25) is 0 Å². The number of hydrogen-bond acceptors (Lipinski definition) is 8. The summed E-state index contributed by atoms with van der Waals surface area (Å²) in [6.45, 7) is 1.90. The minimum absolute atomic E-state index is 0.0590. The molecule has 16 heteroatoms. The lowest BCUT2D eigenvalue weighted by Crippen LogP contribution is -2.34. The minimum atomic E-state index is -3.98. The quantitative estimate of drug-likeness (QED) is 0.121. The summed E-state index contributed by atoms with van der Waals surface area (Å²) >= 11 is 0. The molecule has 0 saturated heterocycles. The number of anilines is 3. The van der Waals surface area contributed by atoms with Gasteiger partial charge in [0.2, 0.25) is 5.91 Å². The van der Waals surface area contributed by atoms with Crippen molar-refractivity contribution in [3.63, 3.8) is 0 Å². The van der Waals surface area contributed by atoms with Gasteiger partial charge in [0.05, 0.1) is 6.54 Å². The molecule has 6 heterocycles. The zero-order valence-electron chi connectivity index (χ0n) is 28.6. The monoisotopic (exact) mass is 733 g/mol. The van der Waals surface area contributed by atoms with E-state index in [-0.39, 0.29) is 30.0 Å². The number of rotatable bonds is 7. The number of amides is 4. The minimum Gasteiger partial charge on any atom is -0.779 e. The number of aromatic nitrogens is 3. The number of nitrogens with two attached hydrogens (primary N) is 1. The van der Waals surface area contributed by atoms with Crippen molar-refractivity contribution in [2.45, 2.75) is 19.3 Å². The summed E-state index contributed by atoms with van der Waals surface area (Å²) in [5.41, 5.74) is 14.4. The van der Waals surface area contributed by atoms with Gasteiger partial charge in [-0.3, -0.25) is 19.2 Å². The molecule has 15 nitrogen and oxygen atoms in total. The van der Waals surface area contributed by atoms with Crippen LogP contribution in [0.25, 0.3) is 32.7 Å². The fourth-order valence-electron chi connectivity index (χ4n) is 8.08. The molecule has 0 saturated carbocycles. The Balaban J connectivity index is 0.955. The van der Waals surface area contributed by atoms with Crippen molar-refractivity contribution in [2.75, 3.05) is 54.3 Å². The maximum Gasteiger partial charge on any atom is 0.274 e. The van der Waals surface area contributed by atoms with Crippen LogP contribution in [0.1, 0.15) is 48.2 Å². The number of nitrogens with one attached hydrogen (secondary N) is 4. The van der Waals surface area contributed by atoms with Crippen molar-refractivity contribution >= 4 is 81.0 Å². The molecule has 3 aliphatic rings. The SMILES string of the molecule is CP(=O)([O-])OCNC(=O)c1cc2c3c(ccc2[nH]1)N(C(=O)c1cc2c4c(ccc2[nH]1)N(C(=O)c1cc2c5c(ccc2[nH]1)N(C(=O)CN)CC5)CC4)CC3. The van der Waals surface area contributed by atoms with Crippen molar-refractivity contribution in [1.29, 1.82) is 0 Å². The van der Waals surface area contributed by atoms with Gasteiger partial charge < -0.3 is 54.7 Å². The Hall–Kier alpha value is -5.73. The van der Waals surface area contributed by atoms with Gasteiger partial charge in [0.15, 0.2) is 0 Å². The molecule has 0 radical (unpaired) electrons. The van der Waals surface area contributed by atoms with Crippen LogP contribution in [0.4, 0.5) is 17.1 Å². The number of nitrogens with zero attached hydrogens (tertiary/aromatic N) is 3. The highest BCUT2D eigenvalue weighted by atomic mass is 31.2. The second-order valence-corrected chi connectivity index (χ2v) is 15.4. The third-order valence-electron chi connectivity index (χ3n) is 10.5. The first-order chi connectivity index (χ1) is 25.5. The molecule has 3 aromatic heterocycles. The summed E-state index contributed by atoms with van der Waals surface area (Å²) in [5.74, 6) is -0.990. The zero-order chi connectivity index (χ0) is 36.8. The largest absolute Gasteiger partial charge is 0.779 e. The molecule has 3 aliphatic heterocycles. The van der Waals surface area contributed by atoms with E-state index in [0.717, 1.165) is 73.1 Å². The van der Waals surface area contributed by atoms with Crippen LogP contribution in [0.15, 0.2) is 54.6 Å². The molecular weight excluding hydrogens is 699 g/mol. The highest BCUT2D eigenvalue weighted by molar-refractivity contribution is 7.50. The Morgan fingerprint density at radius 1 is 0.717 bits per heavy atom. The van der Waals surface area contributed by atoms with E-state index in [2.05, 4.69) is 24.8 Å². The first-order valence-corrected chi connectivity index (χ1v) is 19.3. The molecule has 0 aliphatic carbocycles. The van der Waals surface area contributed by atoms with E-state index >= 15 is 0 Å². The molecular formula is C37H34N8O7P-. The van der Waals surface area contributed by atoms with Crippen molar-refractivity contribution in [3.05, 3.63) is 88.4 Å². The zero-order valence-corrected chi connectivity index (χ0v) is 29.5. The number of carbonyl (C=O) groups is 4. The summed E-state index contributed by atoms with van der Waals surface area (Å²) < 4.78 is 15.9. The van der Waals surface area contributed by atoms with Crippen LogP contribution in [0, 0.1) is 0 Å². The third kappa shape index (κ3) is 5.43. The summed E-state index contributed by atoms with van der Waals surface area (Å²) in [4.78, 5) is 79.1. The van der Waals surface area contributed by atoms with Gasteiger partial charge in [-0.05, 0) is 90.6 Å². The van der Waals surface area contributed by atoms with E-state index in [1.807, 2.05) is 48.5 Å². The van der Waals surface area contributed by atoms with Gasteiger partial charge in [-0.15, -0.1) is 0 Å². The number of aromatic amines is 3. The first kappa shape index (κ1) is 33.1. The second kappa shape index (κ2) is 12.2. The van der Waals surface area contributed by atoms with E-state index in [4.69, 9.17) is 5.73 Å². The van der Waals surface area contributed by atoms with Crippen molar-refractivity contribution in [1.82, 2.24) is 20.3 Å². The lowest BCUT2D eigenvalue weighted by molar-refractivity contribution is -0.196. The highest BCUT2D eigenvalue weighted by Crippen LogP contribution is 2.40. The van der Waals surface area contributed by atoms with Crippen LogP contribution in [0.5, 0.6) is 0 Å². The number of hydrogen-bond donors (Lipinski definition) is 5. The van der Waals surface area contributed by atoms with E-state index in [1.54, 1.807) is 20.8 Å². The summed E-state index contributed by atoms with van der Waals surface area (Å²) in [6, 6.07) is 16.7. The van der Waals surface area contributed by atoms with Gasteiger partial charge >= 0.3 is 0 Å². The molecule has 1 atom stereocenters. The molecule has 6 N–H and O–H groups in total. The fourth-order valence-corrected chi connectivity index (χ4v) is 8.38. The van der Waals surface area contributed by atoms with Crippen molar-refractivity contribution in [3.8, 4) is 0 Å². The second-order valence-electron chi connectivity index (χ2n) is 13.6.